The maximum Gasteiger partial charge on any atom is 0.472 e. The molecule has 0 bridgehead atoms. The molecule has 2 atom stereocenters. The number of hydrogen-bond donors (Lipinski definition) is 1. The molecule has 8 nitrogen and oxygen atoms in total. The highest BCUT2D eigenvalue weighted by Crippen LogP contribution is 2.43. The Bertz CT molecular complexity index is 1110. The molecule has 0 fully saturated rings. The Morgan fingerprint density at radius 2 is 1.02 bits per heavy atom. The van der Waals surface area contributed by atoms with Crippen molar-refractivity contribution in [2.45, 2.75) is 168 Å². The molecular formula is C46H83NO7P+. The highest BCUT2D eigenvalue weighted by atomic mass is 31.2. The third kappa shape index (κ3) is 42.8. The molecule has 1 unspecified atom stereocenters. The molecule has 0 aromatic heterocycles. The lowest BCUT2D eigenvalue weighted by atomic mass is 10.0. The zero-order valence-corrected chi connectivity index (χ0v) is 36.8. The molecule has 0 aromatic carbocycles. The van der Waals surface area contributed by atoms with Crippen molar-refractivity contribution in [2.24, 2.45) is 0 Å². The zero-order valence-electron chi connectivity index (χ0n) is 35.9. The number of allylic oxidation sites excluding steroid dienone is 11. The van der Waals surface area contributed by atoms with Crippen molar-refractivity contribution in [3.8, 4) is 0 Å². The van der Waals surface area contributed by atoms with Gasteiger partial charge in [0.2, 0.25) is 0 Å². The average molecular weight is 793 g/mol. The Morgan fingerprint density at radius 3 is 1.55 bits per heavy atom. The number of nitrogens with zero attached hydrogens (tertiary/aromatic N) is 1. The Morgan fingerprint density at radius 1 is 0.582 bits per heavy atom. The van der Waals surface area contributed by atoms with Gasteiger partial charge in [0, 0.05) is 6.42 Å². The third-order valence-electron chi connectivity index (χ3n) is 8.85. The van der Waals surface area contributed by atoms with Crippen LogP contribution in [-0.4, -0.2) is 69.0 Å². The Kier molecular flexibility index (Phi) is 37.1. The number of carbonyl (C=O) groups is 1. The van der Waals surface area contributed by atoms with Crippen molar-refractivity contribution in [1.82, 2.24) is 0 Å². The van der Waals surface area contributed by atoms with E-state index in [9.17, 15) is 14.3 Å². The van der Waals surface area contributed by atoms with Crippen LogP contribution in [0.3, 0.4) is 0 Å². The maximum absolute atomic E-state index is 12.6. The molecule has 0 spiro atoms. The van der Waals surface area contributed by atoms with Gasteiger partial charge in [-0.2, -0.15) is 0 Å². The molecule has 55 heavy (non-hydrogen) atoms. The molecule has 0 amide bonds. The molecule has 318 valence electrons. The number of phosphoric ester groups is 1. The van der Waals surface area contributed by atoms with E-state index in [0.29, 0.717) is 17.4 Å². The fourth-order valence-electron chi connectivity index (χ4n) is 5.44. The molecule has 0 rings (SSSR count). The number of phosphoric acid groups is 1. The molecule has 0 aromatic rings. The largest absolute Gasteiger partial charge is 0.498 e. The second-order valence-electron chi connectivity index (χ2n) is 15.4. The van der Waals surface area contributed by atoms with Crippen LogP contribution in [0.25, 0.3) is 0 Å². The fraction of sp³-hybridized carbons (Fsp3) is 0.717. The summed E-state index contributed by atoms with van der Waals surface area (Å²) < 4.78 is 34.6. The van der Waals surface area contributed by atoms with E-state index in [2.05, 4.69) is 62.5 Å². The van der Waals surface area contributed by atoms with E-state index in [4.69, 9.17) is 18.5 Å². The van der Waals surface area contributed by atoms with Gasteiger partial charge in [0.25, 0.3) is 0 Å². The van der Waals surface area contributed by atoms with Gasteiger partial charge in [0.05, 0.1) is 34.0 Å². The van der Waals surface area contributed by atoms with Crippen LogP contribution < -0.4 is 0 Å². The SMILES string of the molecule is CCCCC/C=C\C/C=C\C/C=C\C/C=C\C/C=C\CCC(=O)O[C@H](CO/C=C\CCCCCCCCCCCCCC)COP(=O)(O)OCC[N+](C)(C)C. The van der Waals surface area contributed by atoms with Crippen molar-refractivity contribution >= 4 is 13.8 Å². The lowest BCUT2D eigenvalue weighted by Crippen LogP contribution is -2.37. The summed E-state index contributed by atoms with van der Waals surface area (Å²) in [6.45, 7) is 4.80. The van der Waals surface area contributed by atoms with Gasteiger partial charge in [-0.05, 0) is 63.9 Å². The number of hydrogen-bond acceptors (Lipinski definition) is 6. The van der Waals surface area contributed by atoms with Gasteiger partial charge in [-0.15, -0.1) is 0 Å². The molecule has 0 aliphatic rings. The Labute approximate surface area is 338 Å². The van der Waals surface area contributed by atoms with Crippen LogP contribution in [0.4, 0.5) is 0 Å². The number of quaternary nitrogens is 1. The normalized spacial score (nSPS) is 14.4. The van der Waals surface area contributed by atoms with E-state index in [1.54, 1.807) is 6.26 Å². The molecular weight excluding hydrogens is 709 g/mol. The van der Waals surface area contributed by atoms with Gasteiger partial charge in [-0.25, -0.2) is 4.57 Å². The maximum atomic E-state index is 12.6. The quantitative estimate of drug-likeness (QED) is 0.0165. The van der Waals surface area contributed by atoms with Crippen molar-refractivity contribution in [1.29, 1.82) is 0 Å². The summed E-state index contributed by atoms with van der Waals surface area (Å²) >= 11 is 0. The fourth-order valence-corrected chi connectivity index (χ4v) is 6.18. The first-order valence-electron chi connectivity index (χ1n) is 21.7. The van der Waals surface area contributed by atoms with E-state index in [1.807, 2.05) is 39.4 Å². The summed E-state index contributed by atoms with van der Waals surface area (Å²) in [6, 6.07) is 0. The summed E-state index contributed by atoms with van der Waals surface area (Å²) in [7, 11) is 1.58. The summed E-state index contributed by atoms with van der Waals surface area (Å²) in [5.74, 6) is -0.418. The second kappa shape index (κ2) is 38.6. The minimum atomic E-state index is -4.31. The number of esters is 1. The van der Waals surface area contributed by atoms with Crippen LogP contribution in [-0.2, 0) is 27.9 Å². The molecule has 0 aliphatic carbocycles. The van der Waals surface area contributed by atoms with Crippen molar-refractivity contribution in [3.05, 3.63) is 73.1 Å². The predicted molar refractivity (Wildman–Crippen MR) is 233 cm³/mol. The van der Waals surface area contributed by atoms with E-state index in [-0.39, 0.29) is 26.2 Å². The van der Waals surface area contributed by atoms with Crippen LogP contribution >= 0.6 is 7.82 Å². The molecule has 0 saturated carbocycles. The average Bonchev–Trinajstić information content (AvgIpc) is 3.13. The number of unbranched alkanes of at least 4 members (excludes halogenated alkanes) is 15. The van der Waals surface area contributed by atoms with E-state index < -0.39 is 19.9 Å². The third-order valence-corrected chi connectivity index (χ3v) is 9.83. The lowest BCUT2D eigenvalue weighted by Gasteiger charge is -2.24. The Hall–Kier alpha value is -2.22. The molecule has 9 heteroatoms. The zero-order chi connectivity index (χ0) is 40.6. The first-order valence-corrected chi connectivity index (χ1v) is 23.2. The van der Waals surface area contributed by atoms with Crippen LogP contribution in [0.5, 0.6) is 0 Å². The van der Waals surface area contributed by atoms with Crippen LogP contribution in [0, 0.1) is 0 Å². The van der Waals surface area contributed by atoms with Gasteiger partial charge in [0.15, 0.2) is 6.10 Å². The van der Waals surface area contributed by atoms with Gasteiger partial charge >= 0.3 is 13.8 Å². The number of likely N-dealkylation sites (N-methyl/N-ethyl adjacent to an activating group) is 1. The van der Waals surface area contributed by atoms with Crippen molar-refractivity contribution in [2.75, 3.05) is 47.5 Å². The smallest absolute Gasteiger partial charge is 0.472 e. The minimum Gasteiger partial charge on any atom is -0.498 e. The Balaban J connectivity index is 4.45. The topological polar surface area (TPSA) is 91.3 Å². The van der Waals surface area contributed by atoms with Gasteiger partial charge < -0.3 is 18.9 Å². The lowest BCUT2D eigenvalue weighted by molar-refractivity contribution is -0.870. The van der Waals surface area contributed by atoms with Crippen LogP contribution in [0.15, 0.2) is 73.1 Å². The predicted octanol–water partition coefficient (Wildman–Crippen LogP) is 13.1. The van der Waals surface area contributed by atoms with Crippen molar-refractivity contribution in [3.63, 3.8) is 0 Å². The van der Waals surface area contributed by atoms with Gasteiger partial charge in [-0.3, -0.25) is 13.8 Å². The monoisotopic (exact) mass is 793 g/mol. The minimum absolute atomic E-state index is 0.0153. The number of carbonyl (C=O) groups excluding carboxylic acids is 1. The number of ether oxygens (including phenoxy) is 2. The van der Waals surface area contributed by atoms with Crippen LogP contribution in [0.2, 0.25) is 0 Å². The summed E-state index contributed by atoms with van der Waals surface area (Å²) in [5.41, 5.74) is 0. The first kappa shape index (κ1) is 52.8. The van der Waals surface area contributed by atoms with Crippen LogP contribution in [0.1, 0.15) is 162 Å². The summed E-state index contributed by atoms with van der Waals surface area (Å²) in [5, 5.41) is 0. The highest BCUT2D eigenvalue weighted by molar-refractivity contribution is 7.47. The molecule has 0 aliphatic heterocycles. The van der Waals surface area contributed by atoms with Gasteiger partial charge in [-0.1, -0.05) is 158 Å². The molecule has 0 saturated heterocycles. The molecule has 0 radical (unpaired) electrons. The number of rotatable bonds is 39. The second-order valence-corrected chi connectivity index (χ2v) is 16.9. The summed E-state index contributed by atoms with van der Waals surface area (Å²) in [6.07, 6.45) is 50.4. The first-order chi connectivity index (χ1) is 26.6. The van der Waals surface area contributed by atoms with Gasteiger partial charge in [0.1, 0.15) is 19.8 Å². The van der Waals surface area contributed by atoms with E-state index in [1.165, 1.54) is 96.3 Å². The summed E-state index contributed by atoms with van der Waals surface area (Å²) in [4.78, 5) is 22.8. The van der Waals surface area contributed by atoms with E-state index >= 15 is 0 Å². The standard InChI is InChI=1S/C46H82NO7P/c1-6-8-10-12-14-16-18-20-22-23-24-25-26-27-29-31-33-35-37-39-46(48)54-45(44-53-55(49,50)52-42-40-47(3,4)5)43-51-41-38-36-34-32-30-28-21-19-17-15-13-11-9-7-2/h14,16,20,22,24-25,27,29,33,35,38,41,45H,6-13,15,17-19,21,23,26,28,30-32,34,36-37,39-40,42-44H2,1-5H3/p+1/b16-14-,22-20-,25-24-,29-27-,35-33-,41-38-/t45-/m1/s1. The van der Waals surface area contributed by atoms with Crippen molar-refractivity contribution < 1.29 is 37.3 Å². The van der Waals surface area contributed by atoms with E-state index in [0.717, 1.165) is 38.5 Å². The highest BCUT2D eigenvalue weighted by Gasteiger charge is 2.26. The molecule has 1 N–H and O–H groups in total. The molecule has 0 heterocycles.